The first-order chi connectivity index (χ1) is 19.6. The molecular formula is C21H27N10O9P. The lowest BCUT2D eigenvalue weighted by Gasteiger charge is -2.23. The fourth-order valence-electron chi connectivity index (χ4n) is 4.98. The van der Waals surface area contributed by atoms with Crippen molar-refractivity contribution in [3.05, 3.63) is 29.3 Å². The molecule has 0 aromatic carbocycles. The van der Waals surface area contributed by atoms with E-state index in [1.807, 2.05) is 0 Å². The number of phosphoric acid groups is 1. The Labute approximate surface area is 229 Å². The maximum atomic E-state index is 13.0. The third-order valence-corrected chi connectivity index (χ3v) is 7.93. The Kier molecular flexibility index (Phi) is 7.20. The molecule has 0 bridgehead atoms. The second-order valence-corrected chi connectivity index (χ2v) is 11.0. The first kappa shape index (κ1) is 27.6. The van der Waals surface area contributed by atoms with Crippen LogP contribution in [0.25, 0.3) is 22.3 Å². The van der Waals surface area contributed by atoms with Crippen LogP contribution in [0.2, 0.25) is 0 Å². The Morgan fingerprint density at radius 2 is 1.90 bits per heavy atom. The summed E-state index contributed by atoms with van der Waals surface area (Å²) in [6.45, 7) is -0.894. The fourth-order valence-corrected chi connectivity index (χ4v) is 5.92. The van der Waals surface area contributed by atoms with Gasteiger partial charge >= 0.3 is 7.82 Å². The molecular weight excluding hydrogens is 567 g/mol. The molecule has 0 amide bonds. The van der Waals surface area contributed by atoms with Crippen molar-refractivity contribution in [1.82, 2.24) is 39.0 Å². The largest absolute Gasteiger partial charge is 0.472 e. The van der Waals surface area contributed by atoms with E-state index in [1.165, 1.54) is 23.5 Å². The first-order valence-electron chi connectivity index (χ1n) is 12.5. The van der Waals surface area contributed by atoms with Crippen LogP contribution in [0, 0.1) is 0 Å². The number of hydrogen-bond acceptors (Lipinski definition) is 15. The highest BCUT2D eigenvalue weighted by Gasteiger charge is 2.45. The number of aromatic amines is 1. The molecule has 41 heavy (non-hydrogen) atoms. The lowest BCUT2D eigenvalue weighted by molar-refractivity contribution is -0.0855. The normalized spacial score (nSPS) is 27.0. The number of nitrogens with zero attached hydrogens (tertiary/aromatic N) is 7. The molecule has 2 aliphatic rings. The second kappa shape index (κ2) is 10.7. The highest BCUT2D eigenvalue weighted by atomic mass is 31.2. The van der Waals surface area contributed by atoms with Gasteiger partial charge in [0.15, 0.2) is 28.9 Å². The van der Waals surface area contributed by atoms with E-state index in [0.717, 1.165) is 0 Å². The van der Waals surface area contributed by atoms with E-state index in [4.69, 9.17) is 30.0 Å². The molecule has 2 fully saturated rings. The quantitative estimate of drug-likeness (QED) is 0.126. The van der Waals surface area contributed by atoms with E-state index < -0.39 is 56.9 Å². The van der Waals surface area contributed by atoms with Gasteiger partial charge in [0.1, 0.15) is 30.3 Å². The van der Waals surface area contributed by atoms with Crippen LogP contribution >= 0.6 is 7.82 Å². The number of nitrogens with two attached hydrogens (primary N) is 2. The van der Waals surface area contributed by atoms with E-state index in [9.17, 15) is 24.5 Å². The third kappa shape index (κ3) is 5.29. The number of imidazole rings is 2. The molecule has 4 aromatic rings. The number of anilines is 2. The van der Waals surface area contributed by atoms with Crippen molar-refractivity contribution in [2.45, 2.75) is 56.1 Å². The van der Waals surface area contributed by atoms with Crippen molar-refractivity contribution in [2.75, 3.05) is 24.7 Å². The molecule has 5 unspecified atom stereocenters. The van der Waals surface area contributed by atoms with Crippen molar-refractivity contribution >= 4 is 41.9 Å². The molecule has 6 heterocycles. The molecule has 4 aromatic heterocycles. The topological polar surface area (TPSA) is 274 Å². The van der Waals surface area contributed by atoms with Crippen LogP contribution in [0.15, 0.2) is 23.8 Å². The molecule has 0 saturated carbocycles. The predicted octanol–water partition coefficient (Wildman–Crippen LogP) is -1.06. The van der Waals surface area contributed by atoms with Crippen molar-refractivity contribution < 1.29 is 38.2 Å². The lowest BCUT2D eigenvalue weighted by Crippen LogP contribution is -2.29. The van der Waals surface area contributed by atoms with Crippen LogP contribution in [-0.2, 0) is 23.1 Å². The maximum absolute atomic E-state index is 13.0. The zero-order valence-electron chi connectivity index (χ0n) is 21.3. The van der Waals surface area contributed by atoms with Crippen molar-refractivity contribution in [2.24, 2.45) is 0 Å². The van der Waals surface area contributed by atoms with Gasteiger partial charge in [0, 0.05) is 6.42 Å². The smallest absolute Gasteiger partial charge is 0.394 e. The molecule has 20 heteroatoms. The van der Waals surface area contributed by atoms with Gasteiger partial charge < -0.3 is 36.0 Å². The van der Waals surface area contributed by atoms with Gasteiger partial charge in [0.2, 0.25) is 5.95 Å². The van der Waals surface area contributed by atoms with Crippen molar-refractivity contribution in [3.63, 3.8) is 0 Å². The summed E-state index contributed by atoms with van der Waals surface area (Å²) < 4.78 is 38.6. The number of fused-ring (bicyclic) bond motifs is 2. The first-order valence-corrected chi connectivity index (χ1v) is 14.0. The molecule has 0 radical (unpaired) electrons. The van der Waals surface area contributed by atoms with E-state index >= 15 is 0 Å². The third-order valence-electron chi connectivity index (χ3n) is 6.91. The monoisotopic (exact) mass is 594 g/mol. The van der Waals surface area contributed by atoms with E-state index in [2.05, 4.69) is 29.9 Å². The van der Waals surface area contributed by atoms with Gasteiger partial charge in [-0.25, -0.2) is 24.5 Å². The highest BCUT2D eigenvalue weighted by Crippen LogP contribution is 2.50. The van der Waals surface area contributed by atoms with Crippen LogP contribution in [0.4, 0.5) is 11.8 Å². The number of aromatic nitrogens is 8. The van der Waals surface area contributed by atoms with Gasteiger partial charge in [0.05, 0.1) is 38.1 Å². The van der Waals surface area contributed by atoms with Gasteiger partial charge in [-0.3, -0.25) is 28.0 Å². The average Bonchev–Trinajstić information content (AvgIpc) is 3.72. The lowest BCUT2D eigenvalue weighted by atomic mass is 10.1. The number of hydrogen-bond donors (Lipinski definition) is 6. The number of aliphatic hydroxyl groups is 2. The van der Waals surface area contributed by atoms with Crippen LogP contribution in [0.3, 0.4) is 0 Å². The molecule has 2 aliphatic heterocycles. The summed E-state index contributed by atoms with van der Waals surface area (Å²) >= 11 is 0. The Balaban J connectivity index is 1.15. The number of H-pyrrole nitrogens is 1. The standard InChI is InChI=1S/C21H27N10O9P/c22-16-14-17(25-6-24-16)30(7-26-14)13-2-1-9(38-13)5-37-41(35,36)40-12-3-11(10(33)4-32)39-20(12)31-8-27-15-18(31)28-21(23)29-19(15)34/h6-13,20,32-33H,1-5H2,(H,35,36)(H2,22,24,25)(H3,23,28,29,34)/t9-,10?,11?,12-,13?,20?/m0/s1. The van der Waals surface area contributed by atoms with E-state index in [1.54, 1.807) is 4.57 Å². The molecule has 7 atom stereocenters. The SMILES string of the molecule is Nc1nc2c(ncn2C2OC(C(O)CO)C[C@@H]2OP(=O)(O)OC[C@@H]2CCC(n3cnc4c(N)ncnc43)O2)c(=O)[nH]1. The van der Waals surface area contributed by atoms with Gasteiger partial charge in [-0.2, -0.15) is 4.98 Å². The Hall–Kier alpha value is -3.55. The molecule has 8 N–H and O–H groups in total. The highest BCUT2D eigenvalue weighted by molar-refractivity contribution is 7.47. The van der Waals surface area contributed by atoms with E-state index in [-0.39, 0.29) is 36.0 Å². The molecule has 0 spiro atoms. The Morgan fingerprint density at radius 3 is 2.71 bits per heavy atom. The molecule has 0 aliphatic carbocycles. The maximum Gasteiger partial charge on any atom is 0.472 e. The summed E-state index contributed by atoms with van der Waals surface area (Å²) in [5.74, 6) is 0.0555. The van der Waals surface area contributed by atoms with Crippen molar-refractivity contribution in [1.29, 1.82) is 0 Å². The summed E-state index contributed by atoms with van der Waals surface area (Å²) in [6.07, 6.45) is -0.564. The van der Waals surface area contributed by atoms with Crippen LogP contribution in [0.5, 0.6) is 0 Å². The average molecular weight is 594 g/mol. The van der Waals surface area contributed by atoms with Crippen LogP contribution < -0.4 is 17.0 Å². The van der Waals surface area contributed by atoms with Gasteiger partial charge in [-0.05, 0) is 12.8 Å². The minimum Gasteiger partial charge on any atom is -0.394 e. The predicted molar refractivity (Wildman–Crippen MR) is 138 cm³/mol. The minimum absolute atomic E-state index is 0.0297. The van der Waals surface area contributed by atoms with Crippen molar-refractivity contribution in [3.8, 4) is 0 Å². The Morgan fingerprint density at radius 1 is 1.12 bits per heavy atom. The summed E-state index contributed by atoms with van der Waals surface area (Å²) in [7, 11) is -4.71. The summed E-state index contributed by atoms with van der Waals surface area (Å²) in [4.78, 5) is 45.6. The summed E-state index contributed by atoms with van der Waals surface area (Å²) in [5, 5.41) is 19.6. The van der Waals surface area contributed by atoms with E-state index in [0.29, 0.717) is 24.0 Å². The van der Waals surface area contributed by atoms with Crippen LogP contribution in [0.1, 0.15) is 31.7 Å². The molecule has 2 saturated heterocycles. The number of phosphoric ester groups is 1. The van der Waals surface area contributed by atoms with Gasteiger partial charge in [-0.15, -0.1) is 0 Å². The minimum atomic E-state index is -4.71. The number of nitrogens with one attached hydrogen (secondary N) is 1. The van der Waals surface area contributed by atoms with Gasteiger partial charge in [0.25, 0.3) is 5.56 Å². The summed E-state index contributed by atoms with van der Waals surface area (Å²) in [5.41, 5.74) is 11.8. The van der Waals surface area contributed by atoms with Gasteiger partial charge in [-0.1, -0.05) is 0 Å². The van der Waals surface area contributed by atoms with Crippen LogP contribution in [-0.4, -0.2) is 91.8 Å². The molecule has 220 valence electrons. The number of aliphatic hydroxyl groups excluding tert-OH is 2. The Bertz CT molecular complexity index is 1680. The second-order valence-electron chi connectivity index (χ2n) is 9.61. The number of nitrogen functional groups attached to an aromatic ring is 2. The number of ether oxygens (including phenoxy) is 2. The molecule has 19 nitrogen and oxygen atoms in total. The molecule has 6 rings (SSSR count). The summed E-state index contributed by atoms with van der Waals surface area (Å²) in [6, 6.07) is 0. The number of rotatable bonds is 9. The zero-order valence-corrected chi connectivity index (χ0v) is 22.1. The zero-order chi connectivity index (χ0) is 28.9. The fraction of sp³-hybridized carbons (Fsp3) is 0.524.